The van der Waals surface area contributed by atoms with Crippen LogP contribution in [0.3, 0.4) is 0 Å². The lowest BCUT2D eigenvalue weighted by Crippen LogP contribution is -2.15. The van der Waals surface area contributed by atoms with Gasteiger partial charge in [0, 0.05) is 6.54 Å². The molecule has 0 spiro atoms. The third-order valence-corrected chi connectivity index (χ3v) is 3.87. The fourth-order valence-electron chi connectivity index (χ4n) is 2.88. The highest BCUT2D eigenvalue weighted by atomic mass is 15.0. The van der Waals surface area contributed by atoms with Gasteiger partial charge in [-0.15, -0.1) is 0 Å². The lowest BCUT2D eigenvalue weighted by atomic mass is 10.00. The van der Waals surface area contributed by atoms with Crippen LogP contribution in [0.5, 0.6) is 0 Å². The summed E-state index contributed by atoms with van der Waals surface area (Å²) in [6.45, 7) is 8.12. The maximum Gasteiger partial charge on any atom is 0.121 e. The summed E-state index contributed by atoms with van der Waals surface area (Å²) in [4.78, 5) is 7.93. The maximum absolute atomic E-state index is 4.58. The van der Waals surface area contributed by atoms with Crippen LogP contribution in [0.15, 0.2) is 36.4 Å². The molecule has 3 heteroatoms. The molecule has 1 heterocycles. The number of fused-ring (bicyclic) bond motifs is 1. The van der Waals surface area contributed by atoms with E-state index in [-0.39, 0.29) is 0 Å². The molecule has 2 N–H and O–H groups in total. The molecule has 0 bridgehead atoms. The van der Waals surface area contributed by atoms with Gasteiger partial charge in [-0.05, 0) is 49.6 Å². The lowest BCUT2D eigenvalue weighted by molar-refractivity contribution is 0.665. The summed E-state index contributed by atoms with van der Waals surface area (Å²) in [5.74, 6) is 0.985. The van der Waals surface area contributed by atoms with Crippen molar-refractivity contribution in [2.45, 2.75) is 33.9 Å². The van der Waals surface area contributed by atoms with Crippen molar-refractivity contribution in [3.8, 4) is 0 Å². The first-order valence-electron chi connectivity index (χ1n) is 7.34. The van der Waals surface area contributed by atoms with Gasteiger partial charge >= 0.3 is 0 Å². The van der Waals surface area contributed by atoms with Gasteiger partial charge in [-0.2, -0.15) is 0 Å². The molecule has 0 amide bonds. The zero-order valence-electron chi connectivity index (χ0n) is 12.8. The molecule has 0 aliphatic carbocycles. The van der Waals surface area contributed by atoms with Gasteiger partial charge in [0.05, 0.1) is 17.6 Å². The number of aryl methyl sites for hydroxylation is 3. The van der Waals surface area contributed by atoms with E-state index in [0.29, 0.717) is 0 Å². The molecule has 0 fully saturated rings. The van der Waals surface area contributed by atoms with E-state index in [4.69, 9.17) is 0 Å². The van der Waals surface area contributed by atoms with Crippen LogP contribution in [0, 0.1) is 20.8 Å². The van der Waals surface area contributed by atoms with E-state index in [0.717, 1.165) is 29.9 Å². The molecule has 3 nitrogen and oxygen atoms in total. The number of nitrogens with zero attached hydrogens (tertiary/aromatic N) is 1. The molecule has 0 radical (unpaired) electrons. The number of nitrogens with one attached hydrogen (secondary N) is 2. The quantitative estimate of drug-likeness (QED) is 0.763. The number of hydrogen-bond donors (Lipinski definition) is 2. The number of H-pyrrole nitrogens is 1. The molecule has 0 atom stereocenters. The largest absolute Gasteiger partial charge is 0.341 e. The SMILES string of the molecule is Cc1cc(C)c(CNCc2nc3ccccc3[nH]2)c(C)c1. The van der Waals surface area contributed by atoms with Crippen molar-refractivity contribution in [3.63, 3.8) is 0 Å². The number of aromatic nitrogens is 2. The van der Waals surface area contributed by atoms with Gasteiger partial charge in [-0.25, -0.2) is 4.98 Å². The zero-order valence-corrected chi connectivity index (χ0v) is 12.8. The van der Waals surface area contributed by atoms with E-state index in [1.165, 1.54) is 22.3 Å². The molecule has 0 saturated heterocycles. The summed E-state index contributed by atoms with van der Waals surface area (Å²) in [6, 6.07) is 12.6. The van der Waals surface area contributed by atoms with Gasteiger partial charge in [0.2, 0.25) is 0 Å². The van der Waals surface area contributed by atoms with Crippen LogP contribution in [0.25, 0.3) is 11.0 Å². The molecule has 3 rings (SSSR count). The van der Waals surface area contributed by atoms with Crippen molar-refractivity contribution in [2.75, 3.05) is 0 Å². The smallest absolute Gasteiger partial charge is 0.121 e. The highest BCUT2D eigenvalue weighted by molar-refractivity contribution is 5.74. The zero-order chi connectivity index (χ0) is 14.8. The topological polar surface area (TPSA) is 40.7 Å². The van der Waals surface area contributed by atoms with Crippen molar-refractivity contribution >= 4 is 11.0 Å². The van der Waals surface area contributed by atoms with Crippen LogP contribution in [-0.4, -0.2) is 9.97 Å². The molecule has 2 aromatic carbocycles. The van der Waals surface area contributed by atoms with E-state index in [1.807, 2.05) is 18.2 Å². The molecule has 0 aliphatic rings. The highest BCUT2D eigenvalue weighted by Crippen LogP contribution is 2.16. The van der Waals surface area contributed by atoms with Crippen LogP contribution in [0.4, 0.5) is 0 Å². The van der Waals surface area contributed by atoms with E-state index >= 15 is 0 Å². The van der Waals surface area contributed by atoms with Gasteiger partial charge in [0.25, 0.3) is 0 Å². The molecule has 108 valence electrons. The average molecular weight is 279 g/mol. The monoisotopic (exact) mass is 279 g/mol. The Morgan fingerprint density at radius 2 is 1.71 bits per heavy atom. The summed E-state index contributed by atoms with van der Waals surface area (Å²) in [6.07, 6.45) is 0. The first-order chi connectivity index (χ1) is 10.1. The van der Waals surface area contributed by atoms with Crippen molar-refractivity contribution in [1.29, 1.82) is 0 Å². The van der Waals surface area contributed by atoms with E-state index in [2.05, 4.69) is 54.3 Å². The van der Waals surface area contributed by atoms with Crippen LogP contribution in [0.1, 0.15) is 28.1 Å². The summed E-state index contributed by atoms with van der Waals surface area (Å²) in [5, 5.41) is 3.49. The molecule has 3 aromatic rings. The van der Waals surface area contributed by atoms with Crippen LogP contribution in [0.2, 0.25) is 0 Å². The summed E-state index contributed by atoms with van der Waals surface area (Å²) in [7, 11) is 0. The minimum atomic E-state index is 0.751. The van der Waals surface area contributed by atoms with Gasteiger partial charge in [-0.1, -0.05) is 29.8 Å². The Morgan fingerprint density at radius 3 is 2.43 bits per heavy atom. The Labute approximate surface area is 125 Å². The molecule has 1 aromatic heterocycles. The van der Waals surface area contributed by atoms with E-state index in [9.17, 15) is 0 Å². The second-order valence-electron chi connectivity index (χ2n) is 5.68. The predicted molar refractivity (Wildman–Crippen MR) is 87.3 cm³/mol. The number of rotatable bonds is 4. The maximum atomic E-state index is 4.58. The predicted octanol–water partition coefficient (Wildman–Crippen LogP) is 3.78. The van der Waals surface area contributed by atoms with E-state index < -0.39 is 0 Å². The normalized spacial score (nSPS) is 11.2. The second-order valence-corrected chi connectivity index (χ2v) is 5.68. The average Bonchev–Trinajstić information content (AvgIpc) is 2.84. The Morgan fingerprint density at radius 1 is 1.00 bits per heavy atom. The highest BCUT2D eigenvalue weighted by Gasteiger charge is 2.05. The first-order valence-corrected chi connectivity index (χ1v) is 7.34. The fraction of sp³-hybridized carbons (Fsp3) is 0.278. The third-order valence-electron chi connectivity index (χ3n) is 3.87. The van der Waals surface area contributed by atoms with Gasteiger partial charge in [-0.3, -0.25) is 0 Å². The van der Waals surface area contributed by atoms with Gasteiger partial charge in [0.15, 0.2) is 0 Å². The molecular weight excluding hydrogens is 258 g/mol. The van der Waals surface area contributed by atoms with E-state index in [1.54, 1.807) is 0 Å². The lowest BCUT2D eigenvalue weighted by Gasteiger charge is -2.11. The Kier molecular flexibility index (Phi) is 3.76. The first kappa shape index (κ1) is 13.8. The second kappa shape index (κ2) is 5.70. The summed E-state index contributed by atoms with van der Waals surface area (Å²) < 4.78 is 0. The van der Waals surface area contributed by atoms with Crippen molar-refractivity contribution in [3.05, 3.63) is 64.5 Å². The van der Waals surface area contributed by atoms with Crippen LogP contribution in [-0.2, 0) is 13.1 Å². The number of benzene rings is 2. The molecule has 0 unspecified atom stereocenters. The number of aromatic amines is 1. The molecular formula is C18H21N3. The Hall–Kier alpha value is -2.13. The standard InChI is InChI=1S/C18H21N3/c1-12-8-13(2)15(14(3)9-12)10-19-11-18-20-16-6-4-5-7-17(16)21-18/h4-9,19H,10-11H2,1-3H3,(H,20,21). The van der Waals surface area contributed by atoms with Gasteiger partial charge < -0.3 is 10.3 Å². The summed E-state index contributed by atoms with van der Waals surface area (Å²) >= 11 is 0. The Bertz CT molecular complexity index is 715. The third kappa shape index (κ3) is 2.98. The molecule has 21 heavy (non-hydrogen) atoms. The fourth-order valence-corrected chi connectivity index (χ4v) is 2.88. The van der Waals surface area contributed by atoms with Gasteiger partial charge in [0.1, 0.15) is 5.82 Å². The Balaban J connectivity index is 1.69. The van der Waals surface area contributed by atoms with Crippen molar-refractivity contribution < 1.29 is 0 Å². The minimum absolute atomic E-state index is 0.751. The minimum Gasteiger partial charge on any atom is -0.341 e. The molecule has 0 aliphatic heterocycles. The molecule has 0 saturated carbocycles. The van der Waals surface area contributed by atoms with Crippen LogP contribution < -0.4 is 5.32 Å². The number of hydrogen-bond acceptors (Lipinski definition) is 2. The van der Waals surface area contributed by atoms with Crippen molar-refractivity contribution in [2.24, 2.45) is 0 Å². The number of para-hydroxylation sites is 2. The summed E-state index contributed by atoms with van der Waals surface area (Å²) in [5.41, 5.74) is 7.53. The van der Waals surface area contributed by atoms with Crippen LogP contribution >= 0.6 is 0 Å². The number of imidazole rings is 1. The van der Waals surface area contributed by atoms with Crippen molar-refractivity contribution in [1.82, 2.24) is 15.3 Å².